The zero-order valence-electron chi connectivity index (χ0n) is 20.3. The topological polar surface area (TPSA) is 125 Å². The standard InChI is InChI=1S/C27H35NO7S/c29-13-14-36-18-23-15-24(21-9-7-20(17-30)8-10-21)35-27(34-23)22-11-5-19(6-12-22)16-28-25(31)3-1-2-4-26(32)33/h5-12,23-24,27,29-30H,1-4,13-18H2,(H,28,31)(H,32,33). The van der Waals surface area contributed by atoms with Crippen LogP contribution in [0.15, 0.2) is 48.5 Å². The Labute approximate surface area is 216 Å². The zero-order valence-corrected chi connectivity index (χ0v) is 21.1. The van der Waals surface area contributed by atoms with Gasteiger partial charge in [0.25, 0.3) is 0 Å². The monoisotopic (exact) mass is 517 g/mol. The van der Waals surface area contributed by atoms with Gasteiger partial charge in [0.05, 0.1) is 25.4 Å². The molecular formula is C27H35NO7S. The van der Waals surface area contributed by atoms with E-state index >= 15 is 0 Å². The number of carbonyl (C=O) groups excluding carboxylic acids is 1. The number of carboxylic acid groups (broad SMARTS) is 1. The molecule has 2 aromatic rings. The van der Waals surface area contributed by atoms with E-state index in [1.54, 1.807) is 11.8 Å². The summed E-state index contributed by atoms with van der Waals surface area (Å²) in [6.07, 6.45) is 1.39. The Morgan fingerprint density at radius 1 is 0.917 bits per heavy atom. The molecule has 1 saturated heterocycles. The van der Waals surface area contributed by atoms with Crippen molar-refractivity contribution in [3.8, 4) is 0 Å². The second kappa shape index (κ2) is 15.0. The highest BCUT2D eigenvalue weighted by Crippen LogP contribution is 2.38. The lowest BCUT2D eigenvalue weighted by molar-refractivity contribution is -0.245. The SMILES string of the molecule is O=C(O)CCCCC(=O)NCc1ccc(C2OC(CSCCO)CC(c3ccc(CO)cc3)O2)cc1. The van der Waals surface area contributed by atoms with Crippen molar-refractivity contribution >= 4 is 23.6 Å². The van der Waals surface area contributed by atoms with Crippen molar-refractivity contribution < 1.29 is 34.4 Å². The first-order valence-electron chi connectivity index (χ1n) is 12.2. The number of hydrogen-bond donors (Lipinski definition) is 4. The van der Waals surface area contributed by atoms with Crippen LogP contribution in [0, 0.1) is 0 Å². The van der Waals surface area contributed by atoms with Crippen LogP contribution in [0.2, 0.25) is 0 Å². The number of unbranched alkanes of at least 4 members (excludes halogenated alkanes) is 1. The highest BCUT2D eigenvalue weighted by molar-refractivity contribution is 7.99. The Kier molecular flexibility index (Phi) is 11.7. The molecule has 8 nitrogen and oxygen atoms in total. The minimum Gasteiger partial charge on any atom is -0.481 e. The Balaban J connectivity index is 1.58. The van der Waals surface area contributed by atoms with Crippen molar-refractivity contribution in [1.29, 1.82) is 0 Å². The number of benzene rings is 2. The first-order valence-corrected chi connectivity index (χ1v) is 13.4. The lowest BCUT2D eigenvalue weighted by Crippen LogP contribution is -2.31. The van der Waals surface area contributed by atoms with Crippen LogP contribution in [0.25, 0.3) is 0 Å². The van der Waals surface area contributed by atoms with Crippen molar-refractivity contribution in [2.24, 2.45) is 0 Å². The fourth-order valence-corrected chi connectivity index (χ4v) is 4.72. The molecule has 0 bridgehead atoms. The molecule has 3 unspecified atom stereocenters. The normalized spacial score (nSPS) is 19.7. The summed E-state index contributed by atoms with van der Waals surface area (Å²) in [5.74, 6) is 0.466. The molecule has 0 saturated carbocycles. The van der Waals surface area contributed by atoms with Gasteiger partial charge < -0.3 is 30.1 Å². The van der Waals surface area contributed by atoms with Gasteiger partial charge in [0.1, 0.15) is 0 Å². The molecule has 0 aliphatic carbocycles. The molecule has 9 heteroatoms. The quantitative estimate of drug-likeness (QED) is 0.280. The molecule has 1 fully saturated rings. The summed E-state index contributed by atoms with van der Waals surface area (Å²) >= 11 is 1.65. The number of rotatable bonds is 14. The maximum atomic E-state index is 12.0. The summed E-state index contributed by atoms with van der Waals surface area (Å²) in [6, 6.07) is 15.5. The number of hydrogen-bond acceptors (Lipinski definition) is 7. The molecule has 4 N–H and O–H groups in total. The number of thioether (sulfide) groups is 1. The third kappa shape index (κ3) is 9.22. The van der Waals surface area contributed by atoms with Crippen molar-refractivity contribution in [2.45, 2.75) is 63.8 Å². The van der Waals surface area contributed by atoms with Crippen molar-refractivity contribution in [2.75, 3.05) is 18.1 Å². The maximum Gasteiger partial charge on any atom is 0.303 e. The van der Waals surface area contributed by atoms with Gasteiger partial charge in [0, 0.05) is 42.9 Å². The molecular weight excluding hydrogens is 482 g/mol. The van der Waals surface area contributed by atoms with Crippen LogP contribution in [-0.2, 0) is 32.2 Å². The second-order valence-electron chi connectivity index (χ2n) is 8.77. The van der Waals surface area contributed by atoms with Gasteiger partial charge in [-0.3, -0.25) is 9.59 Å². The van der Waals surface area contributed by atoms with E-state index in [9.17, 15) is 14.7 Å². The molecule has 1 aliphatic heterocycles. The van der Waals surface area contributed by atoms with Crippen molar-refractivity contribution in [1.82, 2.24) is 5.32 Å². The van der Waals surface area contributed by atoms with Crippen LogP contribution >= 0.6 is 11.8 Å². The van der Waals surface area contributed by atoms with Gasteiger partial charge in [-0.1, -0.05) is 48.5 Å². The molecule has 196 valence electrons. The predicted octanol–water partition coefficient (Wildman–Crippen LogP) is 3.71. The lowest BCUT2D eigenvalue weighted by atomic mass is 10.0. The number of nitrogens with one attached hydrogen (secondary N) is 1. The molecule has 1 aliphatic rings. The number of aliphatic hydroxyl groups excluding tert-OH is 2. The Hall–Kier alpha value is -2.43. The third-order valence-corrected chi connectivity index (χ3v) is 7.02. The van der Waals surface area contributed by atoms with Crippen LogP contribution in [0.3, 0.4) is 0 Å². The van der Waals surface area contributed by atoms with Crippen LogP contribution in [0.1, 0.15) is 66.8 Å². The van der Waals surface area contributed by atoms with Crippen LogP contribution in [0.5, 0.6) is 0 Å². The molecule has 0 radical (unpaired) electrons. The number of carboxylic acids is 1. The summed E-state index contributed by atoms with van der Waals surface area (Å²) in [4.78, 5) is 22.6. The van der Waals surface area contributed by atoms with E-state index in [2.05, 4.69) is 5.32 Å². The Morgan fingerprint density at radius 2 is 1.58 bits per heavy atom. The number of aliphatic carboxylic acids is 1. The van der Waals surface area contributed by atoms with Gasteiger partial charge in [0.15, 0.2) is 6.29 Å². The summed E-state index contributed by atoms with van der Waals surface area (Å²) in [6.45, 7) is 0.518. The molecule has 2 aromatic carbocycles. The fourth-order valence-electron chi connectivity index (χ4n) is 3.95. The highest BCUT2D eigenvalue weighted by atomic mass is 32.2. The summed E-state index contributed by atoms with van der Waals surface area (Å²) in [5.41, 5.74) is 3.70. The van der Waals surface area contributed by atoms with Crippen LogP contribution in [-0.4, -0.2) is 51.4 Å². The van der Waals surface area contributed by atoms with Crippen molar-refractivity contribution in [3.63, 3.8) is 0 Å². The third-order valence-electron chi connectivity index (χ3n) is 5.94. The van der Waals surface area contributed by atoms with Gasteiger partial charge in [0.2, 0.25) is 5.91 Å². The van der Waals surface area contributed by atoms with Crippen LogP contribution < -0.4 is 5.32 Å². The highest BCUT2D eigenvalue weighted by Gasteiger charge is 2.32. The molecule has 0 aromatic heterocycles. The minimum atomic E-state index is -0.845. The molecule has 3 atom stereocenters. The van der Waals surface area contributed by atoms with E-state index in [0.29, 0.717) is 38.0 Å². The molecule has 0 spiro atoms. The van der Waals surface area contributed by atoms with Gasteiger partial charge in [-0.05, 0) is 29.5 Å². The van der Waals surface area contributed by atoms with Gasteiger partial charge in [-0.2, -0.15) is 11.8 Å². The first-order chi connectivity index (χ1) is 17.5. The van der Waals surface area contributed by atoms with E-state index in [1.165, 1.54) is 0 Å². The minimum absolute atomic E-state index is 0.00447. The predicted molar refractivity (Wildman–Crippen MR) is 137 cm³/mol. The molecule has 1 amide bonds. The van der Waals surface area contributed by atoms with E-state index in [1.807, 2.05) is 48.5 Å². The van der Waals surface area contributed by atoms with Crippen molar-refractivity contribution in [3.05, 3.63) is 70.8 Å². The van der Waals surface area contributed by atoms with E-state index in [4.69, 9.17) is 19.7 Å². The molecule has 36 heavy (non-hydrogen) atoms. The lowest BCUT2D eigenvalue weighted by Gasteiger charge is -2.36. The van der Waals surface area contributed by atoms with Gasteiger partial charge in [-0.15, -0.1) is 0 Å². The largest absolute Gasteiger partial charge is 0.481 e. The van der Waals surface area contributed by atoms with Crippen LogP contribution in [0.4, 0.5) is 0 Å². The average molecular weight is 518 g/mol. The Bertz CT molecular complexity index is 952. The molecule has 3 rings (SSSR count). The summed E-state index contributed by atoms with van der Waals surface area (Å²) in [7, 11) is 0. The van der Waals surface area contributed by atoms with Gasteiger partial charge in [-0.25, -0.2) is 0 Å². The fraction of sp³-hybridized carbons (Fsp3) is 0.481. The Morgan fingerprint density at radius 3 is 2.25 bits per heavy atom. The van der Waals surface area contributed by atoms with E-state index in [-0.39, 0.29) is 37.7 Å². The second-order valence-corrected chi connectivity index (χ2v) is 9.92. The summed E-state index contributed by atoms with van der Waals surface area (Å²) < 4.78 is 12.6. The van der Waals surface area contributed by atoms with E-state index < -0.39 is 12.3 Å². The number of ether oxygens (including phenoxy) is 2. The zero-order chi connectivity index (χ0) is 25.8. The number of aliphatic hydroxyl groups is 2. The average Bonchev–Trinajstić information content (AvgIpc) is 2.90. The maximum absolute atomic E-state index is 12.0. The molecule has 1 heterocycles. The number of amides is 1. The van der Waals surface area contributed by atoms with E-state index in [0.717, 1.165) is 28.0 Å². The smallest absolute Gasteiger partial charge is 0.303 e. The van der Waals surface area contributed by atoms with Gasteiger partial charge >= 0.3 is 5.97 Å². The first kappa shape index (κ1) is 28.1. The number of carbonyl (C=O) groups is 2. The summed E-state index contributed by atoms with van der Waals surface area (Å²) in [5, 5.41) is 30.0.